The van der Waals surface area contributed by atoms with Gasteiger partial charge in [-0.3, -0.25) is 4.79 Å². The van der Waals surface area contributed by atoms with Crippen LogP contribution in [-0.2, 0) is 4.79 Å². The van der Waals surface area contributed by atoms with Gasteiger partial charge in [-0.25, -0.2) is 0 Å². The average molecular weight is 293 g/mol. The zero-order chi connectivity index (χ0) is 15.2. The predicted molar refractivity (Wildman–Crippen MR) is 76.3 cm³/mol. The molecule has 1 aliphatic carbocycles. The summed E-state index contributed by atoms with van der Waals surface area (Å²) in [5.74, 6) is 0.120. The van der Waals surface area contributed by atoms with Crippen molar-refractivity contribution in [3.63, 3.8) is 0 Å². The maximum atomic E-state index is 12.1. The van der Waals surface area contributed by atoms with Crippen molar-refractivity contribution in [1.82, 2.24) is 4.90 Å². The second-order valence-corrected chi connectivity index (χ2v) is 4.81. The summed E-state index contributed by atoms with van der Waals surface area (Å²) in [5, 5.41) is 20.7. The van der Waals surface area contributed by atoms with E-state index in [2.05, 4.69) is 5.16 Å². The molecule has 4 N–H and O–H groups in total. The molecule has 7 heteroatoms. The molecule has 0 bridgehead atoms. The highest BCUT2D eigenvalue weighted by atomic mass is 16.5. The number of oxime groups is 1. The van der Waals surface area contributed by atoms with E-state index >= 15 is 0 Å². The Balaban J connectivity index is 2.00. The lowest BCUT2D eigenvalue weighted by atomic mass is 10.2. The Labute approximate surface area is 122 Å². The molecule has 1 aliphatic rings. The number of benzene rings is 1. The molecule has 0 radical (unpaired) electrons. The minimum absolute atomic E-state index is 0.0665. The Morgan fingerprint density at radius 2 is 2.14 bits per heavy atom. The smallest absolute Gasteiger partial charge is 0.260 e. The van der Waals surface area contributed by atoms with E-state index in [4.69, 9.17) is 20.8 Å². The Kier molecular flexibility index (Phi) is 4.99. The number of hydrogen-bond donors (Lipinski definition) is 3. The summed E-state index contributed by atoms with van der Waals surface area (Å²) in [4.78, 5) is 13.7. The third kappa shape index (κ3) is 3.85. The second-order valence-electron chi connectivity index (χ2n) is 4.81. The highest BCUT2D eigenvalue weighted by molar-refractivity contribution is 5.99. The van der Waals surface area contributed by atoms with Gasteiger partial charge in [-0.2, -0.15) is 0 Å². The Morgan fingerprint density at radius 3 is 2.76 bits per heavy atom. The Morgan fingerprint density at radius 1 is 1.43 bits per heavy atom. The molecule has 1 amide bonds. The van der Waals surface area contributed by atoms with Crippen molar-refractivity contribution in [2.45, 2.75) is 18.9 Å². The molecular weight excluding hydrogens is 274 g/mol. The van der Waals surface area contributed by atoms with Gasteiger partial charge in [-0.1, -0.05) is 17.3 Å². The van der Waals surface area contributed by atoms with E-state index < -0.39 is 0 Å². The first-order valence-electron chi connectivity index (χ1n) is 6.77. The highest BCUT2D eigenvalue weighted by Crippen LogP contribution is 2.26. The van der Waals surface area contributed by atoms with E-state index in [1.807, 2.05) is 0 Å². The fourth-order valence-electron chi connectivity index (χ4n) is 2.09. The number of para-hydroxylation sites is 1. The van der Waals surface area contributed by atoms with Gasteiger partial charge in [0.05, 0.1) is 12.2 Å². The summed E-state index contributed by atoms with van der Waals surface area (Å²) in [7, 11) is 0. The van der Waals surface area contributed by atoms with Crippen LogP contribution in [0.2, 0.25) is 0 Å². The first kappa shape index (κ1) is 15.1. The topological polar surface area (TPSA) is 108 Å². The highest BCUT2D eigenvalue weighted by Gasteiger charge is 2.32. The average Bonchev–Trinajstić information content (AvgIpc) is 3.34. The van der Waals surface area contributed by atoms with Crippen molar-refractivity contribution >= 4 is 11.7 Å². The second kappa shape index (κ2) is 6.94. The summed E-state index contributed by atoms with van der Waals surface area (Å²) in [6, 6.07) is 6.97. The molecule has 1 saturated carbocycles. The van der Waals surface area contributed by atoms with Crippen LogP contribution in [0.1, 0.15) is 18.4 Å². The zero-order valence-corrected chi connectivity index (χ0v) is 11.6. The van der Waals surface area contributed by atoms with Gasteiger partial charge in [0.1, 0.15) is 5.75 Å². The molecule has 0 aliphatic heterocycles. The molecule has 7 nitrogen and oxygen atoms in total. The van der Waals surface area contributed by atoms with Crippen LogP contribution >= 0.6 is 0 Å². The Hall–Kier alpha value is -2.28. The molecule has 0 unspecified atom stereocenters. The third-order valence-electron chi connectivity index (χ3n) is 3.27. The summed E-state index contributed by atoms with van der Waals surface area (Å²) < 4.78 is 5.48. The van der Waals surface area contributed by atoms with Crippen LogP contribution in [0.5, 0.6) is 5.75 Å². The predicted octanol–water partition coefficient (Wildman–Crippen LogP) is 0.143. The van der Waals surface area contributed by atoms with E-state index in [1.54, 1.807) is 29.2 Å². The largest absolute Gasteiger partial charge is 0.483 e. The molecule has 21 heavy (non-hydrogen) atoms. The van der Waals surface area contributed by atoms with Crippen LogP contribution in [-0.4, -0.2) is 52.8 Å². The molecule has 0 spiro atoms. The number of nitrogens with two attached hydrogens (primary N) is 1. The van der Waals surface area contributed by atoms with Crippen molar-refractivity contribution in [2.24, 2.45) is 10.9 Å². The van der Waals surface area contributed by atoms with Gasteiger partial charge in [-0.15, -0.1) is 0 Å². The number of carbonyl (C=O) groups is 1. The van der Waals surface area contributed by atoms with Crippen LogP contribution in [0.15, 0.2) is 29.4 Å². The standard InChI is InChI=1S/C14H19N3O4/c15-14(16-20)11-3-1-2-4-12(11)21-9-13(19)17(7-8-18)10-5-6-10/h1-4,10,18,20H,5-9H2,(H2,15,16). The number of aliphatic hydroxyl groups is 1. The minimum Gasteiger partial charge on any atom is -0.483 e. The van der Waals surface area contributed by atoms with E-state index in [9.17, 15) is 4.79 Å². The zero-order valence-electron chi connectivity index (χ0n) is 11.6. The minimum atomic E-state index is -0.180. The molecule has 0 heterocycles. The number of amides is 1. The van der Waals surface area contributed by atoms with E-state index in [0.717, 1.165) is 12.8 Å². The normalized spacial score (nSPS) is 14.8. The van der Waals surface area contributed by atoms with Gasteiger partial charge in [0, 0.05) is 12.6 Å². The van der Waals surface area contributed by atoms with Crippen LogP contribution in [0, 0.1) is 0 Å². The van der Waals surface area contributed by atoms with Crippen LogP contribution in [0.3, 0.4) is 0 Å². The van der Waals surface area contributed by atoms with Gasteiger partial charge in [0.15, 0.2) is 12.4 Å². The van der Waals surface area contributed by atoms with Gasteiger partial charge >= 0.3 is 0 Å². The molecule has 0 aromatic heterocycles. The lowest BCUT2D eigenvalue weighted by molar-refractivity contribution is -0.134. The molecular formula is C14H19N3O4. The van der Waals surface area contributed by atoms with E-state index in [0.29, 0.717) is 17.9 Å². The number of carbonyl (C=O) groups excluding carboxylic acids is 1. The fraction of sp³-hybridized carbons (Fsp3) is 0.429. The fourth-order valence-corrected chi connectivity index (χ4v) is 2.09. The lowest BCUT2D eigenvalue weighted by Gasteiger charge is -2.21. The number of hydrogen-bond acceptors (Lipinski definition) is 5. The molecule has 0 atom stereocenters. The lowest BCUT2D eigenvalue weighted by Crippen LogP contribution is -2.38. The van der Waals surface area contributed by atoms with Crippen molar-refractivity contribution in [2.75, 3.05) is 19.8 Å². The molecule has 114 valence electrons. The molecule has 1 aromatic carbocycles. The molecule has 1 aromatic rings. The van der Waals surface area contributed by atoms with Crippen molar-refractivity contribution in [3.8, 4) is 5.75 Å². The van der Waals surface area contributed by atoms with Gasteiger partial charge in [-0.05, 0) is 25.0 Å². The number of nitrogens with zero attached hydrogens (tertiary/aromatic N) is 2. The van der Waals surface area contributed by atoms with Crippen molar-refractivity contribution in [1.29, 1.82) is 0 Å². The van der Waals surface area contributed by atoms with Gasteiger partial charge < -0.3 is 25.7 Å². The monoisotopic (exact) mass is 293 g/mol. The van der Waals surface area contributed by atoms with E-state index in [1.165, 1.54) is 0 Å². The van der Waals surface area contributed by atoms with Crippen molar-refractivity contribution in [3.05, 3.63) is 29.8 Å². The molecule has 2 rings (SSSR count). The van der Waals surface area contributed by atoms with Crippen molar-refractivity contribution < 1.29 is 19.8 Å². The maximum Gasteiger partial charge on any atom is 0.260 e. The maximum absolute atomic E-state index is 12.1. The van der Waals surface area contributed by atoms with Crippen LogP contribution in [0.25, 0.3) is 0 Å². The van der Waals surface area contributed by atoms with E-state index in [-0.39, 0.29) is 31.0 Å². The summed E-state index contributed by atoms with van der Waals surface area (Å²) in [6.07, 6.45) is 1.93. The number of ether oxygens (including phenoxy) is 1. The Bertz CT molecular complexity index is 529. The third-order valence-corrected chi connectivity index (χ3v) is 3.27. The summed E-state index contributed by atoms with van der Waals surface area (Å²) in [6.45, 7) is 0.101. The van der Waals surface area contributed by atoms with Gasteiger partial charge in [0.25, 0.3) is 5.91 Å². The first-order chi connectivity index (χ1) is 10.2. The number of rotatable bonds is 7. The van der Waals surface area contributed by atoms with Crippen LogP contribution < -0.4 is 10.5 Å². The number of amidine groups is 1. The number of aliphatic hydroxyl groups excluding tert-OH is 1. The first-order valence-corrected chi connectivity index (χ1v) is 6.77. The quantitative estimate of drug-likeness (QED) is 0.287. The molecule has 0 saturated heterocycles. The molecule has 1 fully saturated rings. The van der Waals surface area contributed by atoms with Gasteiger partial charge in [0.2, 0.25) is 0 Å². The van der Waals surface area contributed by atoms with Crippen LogP contribution in [0.4, 0.5) is 0 Å². The SMILES string of the molecule is NC(=NO)c1ccccc1OCC(=O)N(CCO)C1CC1. The summed E-state index contributed by atoms with van der Waals surface area (Å²) >= 11 is 0. The summed E-state index contributed by atoms with van der Waals surface area (Å²) in [5.41, 5.74) is 5.98.